The third-order valence-electron chi connectivity index (χ3n) is 2.80. The number of alkyl halides is 6. The molecule has 0 radical (unpaired) electrons. The van der Waals surface area contributed by atoms with Gasteiger partial charge in [0.25, 0.3) is 12.1 Å². The van der Waals surface area contributed by atoms with E-state index in [2.05, 4.69) is 9.73 Å². The van der Waals surface area contributed by atoms with Gasteiger partial charge in [-0.15, -0.1) is 11.3 Å². The zero-order chi connectivity index (χ0) is 18.8. The Kier molecular flexibility index (Phi) is 5.55. The van der Waals surface area contributed by atoms with Gasteiger partial charge in [0.15, 0.2) is 4.80 Å². The summed E-state index contributed by atoms with van der Waals surface area (Å²) in [7, 11) is 0. The quantitative estimate of drug-likeness (QED) is 0.754. The van der Waals surface area contributed by atoms with Gasteiger partial charge in [-0.2, -0.15) is 26.9 Å². The van der Waals surface area contributed by atoms with Crippen molar-refractivity contribution in [2.45, 2.75) is 25.9 Å². The number of carbonyl (C=O) groups excluding carboxylic acids is 1. The Morgan fingerprint density at radius 2 is 1.96 bits per heavy atom. The minimum absolute atomic E-state index is 0.195. The van der Waals surface area contributed by atoms with Gasteiger partial charge in [0.05, 0.1) is 5.69 Å². The van der Waals surface area contributed by atoms with Crippen molar-refractivity contribution in [1.82, 2.24) is 4.57 Å². The predicted octanol–water partition coefficient (Wildman–Crippen LogP) is 3.78. The Bertz CT molecular complexity index is 827. The third-order valence-corrected chi connectivity index (χ3v) is 3.70. The molecule has 2 aromatic rings. The van der Waals surface area contributed by atoms with E-state index in [1.807, 2.05) is 0 Å². The molecule has 25 heavy (non-hydrogen) atoms. The number of rotatable bonds is 4. The van der Waals surface area contributed by atoms with Crippen LogP contribution in [0.5, 0.6) is 5.75 Å². The first-order chi connectivity index (χ1) is 11.6. The van der Waals surface area contributed by atoms with Crippen LogP contribution in [-0.2, 0) is 4.79 Å². The Morgan fingerprint density at radius 1 is 1.28 bits per heavy atom. The number of amides is 1. The van der Waals surface area contributed by atoms with Crippen molar-refractivity contribution in [1.29, 1.82) is 0 Å². The van der Waals surface area contributed by atoms with E-state index in [0.717, 1.165) is 11.3 Å². The van der Waals surface area contributed by atoms with Crippen molar-refractivity contribution in [3.63, 3.8) is 0 Å². The highest BCUT2D eigenvalue weighted by Crippen LogP contribution is 2.24. The normalized spacial score (nSPS) is 14.0. The Hall–Kier alpha value is -2.30. The first-order valence-electron chi connectivity index (χ1n) is 6.61. The van der Waals surface area contributed by atoms with Crippen LogP contribution in [0.25, 0.3) is 5.69 Å². The van der Waals surface area contributed by atoms with Crippen LogP contribution in [0.4, 0.5) is 26.3 Å². The standard InChI is InChI=1S/C14H10F6N2O2S/c1-7-6-22(8-3-2-4-9(5-8)24-12(16)17)13(25-7)21-11(23)10(15)14(18,19)20/h2-6,10,12H,1H3. The Labute approximate surface area is 141 Å². The Morgan fingerprint density at radius 3 is 2.56 bits per heavy atom. The fourth-order valence-electron chi connectivity index (χ4n) is 1.82. The van der Waals surface area contributed by atoms with Gasteiger partial charge in [0.2, 0.25) is 0 Å². The molecule has 1 unspecified atom stereocenters. The summed E-state index contributed by atoms with van der Waals surface area (Å²) >= 11 is 0.838. The number of thiazole rings is 1. The zero-order valence-corrected chi connectivity index (χ0v) is 13.2. The zero-order valence-electron chi connectivity index (χ0n) is 12.4. The van der Waals surface area contributed by atoms with E-state index in [4.69, 9.17) is 0 Å². The summed E-state index contributed by atoms with van der Waals surface area (Å²) in [6.07, 6.45) is -7.68. The maximum absolute atomic E-state index is 13.1. The molecule has 0 aliphatic carbocycles. The molecule has 136 valence electrons. The van der Waals surface area contributed by atoms with E-state index in [9.17, 15) is 31.1 Å². The summed E-state index contributed by atoms with van der Waals surface area (Å²) in [5.74, 6) is -2.19. The molecule has 0 aliphatic heterocycles. The number of hydrogen-bond donors (Lipinski definition) is 0. The van der Waals surface area contributed by atoms with E-state index in [1.54, 1.807) is 6.92 Å². The van der Waals surface area contributed by atoms with Crippen molar-refractivity contribution in [3.05, 3.63) is 40.1 Å². The number of ether oxygens (including phenoxy) is 1. The van der Waals surface area contributed by atoms with Crippen LogP contribution in [0.3, 0.4) is 0 Å². The van der Waals surface area contributed by atoms with Crippen molar-refractivity contribution >= 4 is 17.2 Å². The highest BCUT2D eigenvalue weighted by atomic mass is 32.1. The minimum atomic E-state index is -5.36. The molecule has 0 saturated carbocycles. The van der Waals surface area contributed by atoms with Gasteiger partial charge in [-0.3, -0.25) is 9.36 Å². The van der Waals surface area contributed by atoms with Crippen LogP contribution in [-0.4, -0.2) is 29.4 Å². The molecule has 0 aliphatic rings. The molecule has 0 spiro atoms. The molecular formula is C14H10F6N2O2S. The van der Waals surface area contributed by atoms with E-state index in [-0.39, 0.29) is 16.2 Å². The van der Waals surface area contributed by atoms with Crippen LogP contribution in [0.1, 0.15) is 4.88 Å². The van der Waals surface area contributed by atoms with Crippen molar-refractivity contribution in [3.8, 4) is 11.4 Å². The molecule has 1 aromatic carbocycles. The summed E-state index contributed by atoms with van der Waals surface area (Å²) in [6.45, 7) is -1.48. The molecule has 1 amide bonds. The summed E-state index contributed by atoms with van der Waals surface area (Å²) in [4.78, 5) is 14.9. The highest BCUT2D eigenvalue weighted by Gasteiger charge is 2.45. The fraction of sp³-hybridized carbons (Fsp3) is 0.286. The van der Waals surface area contributed by atoms with E-state index < -0.39 is 24.9 Å². The number of aromatic nitrogens is 1. The summed E-state index contributed by atoms with van der Waals surface area (Å²) < 4.78 is 79.8. The lowest BCUT2D eigenvalue weighted by Crippen LogP contribution is -2.33. The van der Waals surface area contributed by atoms with Gasteiger partial charge in [0.1, 0.15) is 5.75 Å². The second-order valence-corrected chi connectivity index (χ2v) is 5.94. The molecule has 11 heteroatoms. The molecule has 0 bridgehead atoms. The number of carbonyl (C=O) groups is 1. The fourth-order valence-corrected chi connectivity index (χ4v) is 2.66. The lowest BCUT2D eigenvalue weighted by Gasteiger charge is -2.09. The third kappa shape index (κ3) is 4.84. The van der Waals surface area contributed by atoms with Crippen molar-refractivity contribution in [2.24, 2.45) is 4.99 Å². The number of aryl methyl sites for hydroxylation is 1. The average molecular weight is 384 g/mol. The van der Waals surface area contributed by atoms with Gasteiger partial charge in [-0.25, -0.2) is 4.39 Å². The lowest BCUT2D eigenvalue weighted by molar-refractivity contribution is -0.185. The largest absolute Gasteiger partial charge is 0.435 e. The van der Waals surface area contributed by atoms with Gasteiger partial charge < -0.3 is 4.74 Å². The van der Waals surface area contributed by atoms with Crippen LogP contribution in [0.15, 0.2) is 35.5 Å². The molecular weight excluding hydrogens is 374 g/mol. The van der Waals surface area contributed by atoms with Crippen molar-refractivity contribution in [2.75, 3.05) is 0 Å². The minimum Gasteiger partial charge on any atom is -0.435 e. The molecule has 0 fully saturated rings. The molecule has 2 rings (SSSR count). The SMILES string of the molecule is Cc1cn(-c2cccc(OC(F)F)c2)c(=NC(=O)C(F)C(F)(F)F)s1. The number of halogens is 6. The number of benzene rings is 1. The average Bonchev–Trinajstić information content (AvgIpc) is 2.85. The van der Waals surface area contributed by atoms with Crippen LogP contribution in [0.2, 0.25) is 0 Å². The highest BCUT2D eigenvalue weighted by molar-refractivity contribution is 7.09. The van der Waals surface area contributed by atoms with Crippen molar-refractivity contribution < 1.29 is 35.9 Å². The summed E-state index contributed by atoms with van der Waals surface area (Å²) in [5.41, 5.74) is 0.205. The lowest BCUT2D eigenvalue weighted by atomic mass is 10.3. The maximum atomic E-state index is 13.1. The van der Waals surface area contributed by atoms with E-state index in [1.165, 1.54) is 35.0 Å². The topological polar surface area (TPSA) is 43.6 Å². The molecule has 4 nitrogen and oxygen atoms in total. The van der Waals surface area contributed by atoms with Gasteiger partial charge in [-0.1, -0.05) is 6.07 Å². The van der Waals surface area contributed by atoms with E-state index in [0.29, 0.717) is 4.88 Å². The molecule has 0 N–H and O–H groups in total. The van der Waals surface area contributed by atoms with Gasteiger partial charge >= 0.3 is 12.8 Å². The van der Waals surface area contributed by atoms with Gasteiger partial charge in [0, 0.05) is 17.1 Å². The van der Waals surface area contributed by atoms with Crippen LogP contribution < -0.4 is 9.54 Å². The van der Waals surface area contributed by atoms with Crippen LogP contribution >= 0.6 is 11.3 Å². The number of nitrogens with zero attached hydrogens (tertiary/aromatic N) is 2. The molecule has 1 aromatic heterocycles. The first-order valence-corrected chi connectivity index (χ1v) is 7.43. The molecule has 1 atom stereocenters. The van der Waals surface area contributed by atoms with E-state index >= 15 is 0 Å². The smallest absolute Gasteiger partial charge is 0.428 e. The summed E-state index contributed by atoms with van der Waals surface area (Å²) in [6, 6.07) is 5.23. The first kappa shape index (κ1) is 19.0. The second kappa shape index (κ2) is 7.30. The summed E-state index contributed by atoms with van der Waals surface area (Å²) in [5, 5.41) is 0. The molecule has 0 saturated heterocycles. The number of hydrogen-bond acceptors (Lipinski definition) is 3. The second-order valence-electron chi connectivity index (χ2n) is 4.72. The maximum Gasteiger partial charge on any atom is 0.428 e. The van der Waals surface area contributed by atoms with Gasteiger partial charge in [-0.05, 0) is 19.1 Å². The predicted molar refractivity (Wildman–Crippen MR) is 76.5 cm³/mol. The van der Waals surface area contributed by atoms with Crippen LogP contribution in [0, 0.1) is 6.92 Å². The molecule has 1 heterocycles. The monoisotopic (exact) mass is 384 g/mol. The Balaban J connectivity index is 2.45.